The molecule has 1 aliphatic rings. The van der Waals surface area contributed by atoms with E-state index in [4.69, 9.17) is 0 Å². The summed E-state index contributed by atoms with van der Waals surface area (Å²) in [4.78, 5) is 23.3. The molecule has 1 saturated heterocycles. The Balaban J connectivity index is 2.79. The first-order chi connectivity index (χ1) is 5.04. The summed E-state index contributed by atoms with van der Waals surface area (Å²) >= 11 is 0. The first kappa shape index (κ1) is 8.04. The molecule has 0 radical (unpaired) electrons. The highest BCUT2D eigenvalue weighted by atomic mass is 16.2. The highest BCUT2D eigenvalue weighted by Crippen LogP contribution is 2.11. The monoisotopic (exact) mass is 156 g/mol. The number of rotatable bonds is 0. The van der Waals surface area contributed by atoms with E-state index in [0.29, 0.717) is 0 Å². The minimum absolute atomic E-state index is 0.0498. The maximum atomic E-state index is 11.2. The Morgan fingerprint density at radius 1 is 1.36 bits per heavy atom. The summed E-state index contributed by atoms with van der Waals surface area (Å²) in [5, 5.41) is 2.68. The van der Waals surface area contributed by atoms with Gasteiger partial charge >= 0.3 is 6.03 Å². The molecular weight excluding hydrogens is 144 g/mol. The van der Waals surface area contributed by atoms with Crippen LogP contribution in [0.4, 0.5) is 4.79 Å². The van der Waals surface area contributed by atoms with E-state index >= 15 is 0 Å². The zero-order valence-corrected chi connectivity index (χ0v) is 6.92. The number of urea groups is 1. The van der Waals surface area contributed by atoms with Crippen LogP contribution in [0.3, 0.4) is 0 Å². The predicted octanol–water partition coefficient (Wildman–Crippen LogP) is 0.193. The molecule has 0 saturated carbocycles. The van der Waals surface area contributed by atoms with Gasteiger partial charge in [0.15, 0.2) is 0 Å². The van der Waals surface area contributed by atoms with Gasteiger partial charge in [-0.3, -0.25) is 9.69 Å². The lowest BCUT2D eigenvalue weighted by Gasteiger charge is -2.31. The standard InChI is InChI=1S/C7H12N2O2/c1-4-5(2)8-7(11)9(3)6(4)10/h4-5H,1-3H3,(H,8,11). The van der Waals surface area contributed by atoms with Gasteiger partial charge in [0.2, 0.25) is 5.91 Å². The van der Waals surface area contributed by atoms with Crippen molar-refractivity contribution in [1.82, 2.24) is 10.2 Å². The van der Waals surface area contributed by atoms with Gasteiger partial charge in [-0.2, -0.15) is 0 Å². The van der Waals surface area contributed by atoms with Crippen molar-refractivity contribution in [2.24, 2.45) is 5.92 Å². The Hall–Kier alpha value is -1.06. The summed E-state index contributed by atoms with van der Waals surface area (Å²) in [6, 6.07) is -0.355. The van der Waals surface area contributed by atoms with E-state index in [-0.39, 0.29) is 23.9 Å². The van der Waals surface area contributed by atoms with Crippen LogP contribution in [0.25, 0.3) is 0 Å². The maximum Gasteiger partial charge on any atom is 0.324 e. The van der Waals surface area contributed by atoms with Crippen LogP contribution in [-0.2, 0) is 4.79 Å². The van der Waals surface area contributed by atoms with E-state index in [0.717, 1.165) is 4.90 Å². The number of imide groups is 1. The quantitative estimate of drug-likeness (QED) is 0.544. The number of carbonyl (C=O) groups is 2. The molecule has 0 bridgehead atoms. The molecule has 0 spiro atoms. The molecule has 3 amide bonds. The highest BCUT2D eigenvalue weighted by molar-refractivity contribution is 5.98. The Labute approximate surface area is 65.6 Å². The summed E-state index contributed by atoms with van der Waals surface area (Å²) < 4.78 is 0. The van der Waals surface area contributed by atoms with Crippen molar-refractivity contribution < 1.29 is 9.59 Å². The zero-order chi connectivity index (χ0) is 8.59. The molecule has 2 unspecified atom stereocenters. The van der Waals surface area contributed by atoms with Crippen LogP contribution in [0.5, 0.6) is 0 Å². The van der Waals surface area contributed by atoms with E-state index in [1.807, 2.05) is 13.8 Å². The molecule has 1 heterocycles. The van der Waals surface area contributed by atoms with Crippen LogP contribution in [0.2, 0.25) is 0 Å². The van der Waals surface area contributed by atoms with Crippen molar-refractivity contribution in [1.29, 1.82) is 0 Å². The number of hydrogen-bond acceptors (Lipinski definition) is 2. The smallest absolute Gasteiger partial charge is 0.324 e. The Morgan fingerprint density at radius 3 is 2.45 bits per heavy atom. The highest BCUT2D eigenvalue weighted by Gasteiger charge is 2.33. The molecule has 62 valence electrons. The van der Waals surface area contributed by atoms with Gasteiger partial charge in [0, 0.05) is 13.1 Å². The van der Waals surface area contributed by atoms with Gasteiger partial charge in [-0.15, -0.1) is 0 Å². The number of amides is 3. The Morgan fingerprint density at radius 2 is 1.91 bits per heavy atom. The van der Waals surface area contributed by atoms with E-state index in [1.165, 1.54) is 7.05 Å². The average molecular weight is 156 g/mol. The topological polar surface area (TPSA) is 49.4 Å². The Kier molecular flexibility index (Phi) is 1.85. The summed E-state index contributed by atoms with van der Waals surface area (Å²) in [6.07, 6.45) is 0. The maximum absolute atomic E-state index is 11.2. The lowest BCUT2D eigenvalue weighted by Crippen LogP contribution is -2.56. The molecule has 2 atom stereocenters. The molecular formula is C7H12N2O2. The molecule has 1 rings (SSSR count). The summed E-state index contributed by atoms with van der Waals surface area (Å²) in [7, 11) is 1.49. The largest absolute Gasteiger partial charge is 0.334 e. The van der Waals surface area contributed by atoms with Crippen LogP contribution < -0.4 is 5.32 Å². The van der Waals surface area contributed by atoms with E-state index < -0.39 is 0 Å². The molecule has 1 fully saturated rings. The third kappa shape index (κ3) is 1.20. The van der Waals surface area contributed by atoms with Gasteiger partial charge in [0.1, 0.15) is 0 Å². The minimum atomic E-state index is -0.305. The van der Waals surface area contributed by atoms with Crippen LogP contribution in [0.15, 0.2) is 0 Å². The van der Waals surface area contributed by atoms with Gasteiger partial charge in [0.05, 0.1) is 5.92 Å². The van der Waals surface area contributed by atoms with Crippen molar-refractivity contribution in [2.75, 3.05) is 7.05 Å². The molecule has 0 aromatic heterocycles. The molecule has 0 aliphatic carbocycles. The first-order valence-electron chi connectivity index (χ1n) is 3.62. The molecule has 1 N–H and O–H groups in total. The van der Waals surface area contributed by atoms with Crippen LogP contribution in [-0.4, -0.2) is 29.9 Å². The van der Waals surface area contributed by atoms with Gasteiger partial charge in [-0.25, -0.2) is 4.79 Å². The summed E-state index contributed by atoms with van der Waals surface area (Å²) in [6.45, 7) is 3.64. The van der Waals surface area contributed by atoms with E-state index in [1.54, 1.807) is 0 Å². The molecule has 4 nitrogen and oxygen atoms in total. The Bertz CT molecular complexity index is 203. The summed E-state index contributed by atoms with van der Waals surface area (Å²) in [5.41, 5.74) is 0. The second kappa shape index (κ2) is 2.53. The molecule has 0 aromatic rings. The second-order valence-corrected chi connectivity index (χ2v) is 2.92. The third-order valence-corrected chi connectivity index (χ3v) is 2.13. The number of nitrogens with one attached hydrogen (secondary N) is 1. The van der Waals surface area contributed by atoms with Gasteiger partial charge < -0.3 is 5.32 Å². The van der Waals surface area contributed by atoms with Crippen molar-refractivity contribution in [3.63, 3.8) is 0 Å². The molecule has 4 heteroatoms. The van der Waals surface area contributed by atoms with Crippen molar-refractivity contribution in [2.45, 2.75) is 19.9 Å². The van der Waals surface area contributed by atoms with Crippen molar-refractivity contribution in [3.8, 4) is 0 Å². The average Bonchev–Trinajstić information content (AvgIpc) is 1.97. The van der Waals surface area contributed by atoms with Crippen LogP contribution in [0.1, 0.15) is 13.8 Å². The third-order valence-electron chi connectivity index (χ3n) is 2.13. The zero-order valence-electron chi connectivity index (χ0n) is 6.92. The lowest BCUT2D eigenvalue weighted by molar-refractivity contribution is -0.133. The van der Waals surface area contributed by atoms with Crippen LogP contribution >= 0.6 is 0 Å². The predicted molar refractivity (Wildman–Crippen MR) is 39.9 cm³/mol. The summed E-state index contributed by atoms with van der Waals surface area (Å²) in [5.74, 6) is -0.223. The fourth-order valence-electron chi connectivity index (χ4n) is 1.04. The van der Waals surface area contributed by atoms with Gasteiger partial charge in [-0.1, -0.05) is 6.92 Å². The minimum Gasteiger partial charge on any atom is -0.334 e. The van der Waals surface area contributed by atoms with Gasteiger partial charge in [-0.05, 0) is 6.92 Å². The second-order valence-electron chi connectivity index (χ2n) is 2.92. The van der Waals surface area contributed by atoms with Crippen molar-refractivity contribution in [3.05, 3.63) is 0 Å². The SMILES string of the molecule is CC1NC(=O)N(C)C(=O)C1C. The fraction of sp³-hybridized carbons (Fsp3) is 0.714. The number of nitrogens with zero attached hydrogens (tertiary/aromatic N) is 1. The van der Waals surface area contributed by atoms with E-state index in [9.17, 15) is 9.59 Å². The number of hydrogen-bond donors (Lipinski definition) is 1. The molecule has 11 heavy (non-hydrogen) atoms. The van der Waals surface area contributed by atoms with Crippen molar-refractivity contribution >= 4 is 11.9 Å². The number of carbonyl (C=O) groups excluding carboxylic acids is 2. The van der Waals surface area contributed by atoms with Crippen LogP contribution in [0, 0.1) is 5.92 Å². The fourth-order valence-corrected chi connectivity index (χ4v) is 1.04. The normalized spacial score (nSPS) is 32.1. The lowest BCUT2D eigenvalue weighted by atomic mass is 10.0. The van der Waals surface area contributed by atoms with Gasteiger partial charge in [0.25, 0.3) is 0 Å². The van der Waals surface area contributed by atoms with E-state index in [2.05, 4.69) is 5.32 Å². The molecule has 1 aliphatic heterocycles. The molecule has 0 aromatic carbocycles. The first-order valence-corrected chi connectivity index (χ1v) is 3.62.